The monoisotopic (exact) mass is 410 g/mol. The summed E-state index contributed by atoms with van der Waals surface area (Å²) in [6.07, 6.45) is 0. The standard InChI is InChI=1S/C26H19O3P/c27-30(24-13-2-1-3-14-24,28-23-18-17-20-9-4-5-11-22(20)19-23)29-26-16-8-12-21-10-6-7-15-25(21)26/h1-19H. The molecule has 0 amide bonds. The lowest BCUT2D eigenvalue weighted by atomic mass is 10.1. The average molecular weight is 410 g/mol. The van der Waals surface area contributed by atoms with Crippen molar-refractivity contribution in [3.63, 3.8) is 0 Å². The molecule has 0 heterocycles. The fraction of sp³-hybridized carbons (Fsp3) is 0. The topological polar surface area (TPSA) is 35.5 Å². The van der Waals surface area contributed by atoms with Gasteiger partial charge in [-0.2, -0.15) is 0 Å². The molecule has 0 aliphatic rings. The van der Waals surface area contributed by atoms with E-state index in [0.717, 1.165) is 21.5 Å². The van der Waals surface area contributed by atoms with Crippen LogP contribution in [-0.4, -0.2) is 0 Å². The summed E-state index contributed by atoms with van der Waals surface area (Å²) in [5, 5.41) is 4.51. The van der Waals surface area contributed by atoms with Crippen LogP contribution in [0, 0.1) is 0 Å². The van der Waals surface area contributed by atoms with Crippen molar-refractivity contribution in [2.24, 2.45) is 0 Å². The summed E-state index contributed by atoms with van der Waals surface area (Å²) in [4.78, 5) is 0. The lowest BCUT2D eigenvalue weighted by Crippen LogP contribution is -2.14. The first-order valence-corrected chi connectivity index (χ1v) is 11.3. The van der Waals surface area contributed by atoms with E-state index in [0.29, 0.717) is 16.8 Å². The molecule has 3 nitrogen and oxygen atoms in total. The summed E-state index contributed by atoms with van der Waals surface area (Å²) in [5.41, 5.74) is 0. The van der Waals surface area contributed by atoms with E-state index in [1.165, 1.54) is 0 Å². The second-order valence-corrected chi connectivity index (χ2v) is 8.88. The van der Waals surface area contributed by atoms with Gasteiger partial charge in [0.1, 0.15) is 11.5 Å². The number of fused-ring (bicyclic) bond motifs is 2. The highest BCUT2D eigenvalue weighted by Gasteiger charge is 2.31. The largest absolute Gasteiger partial charge is 0.462 e. The maximum atomic E-state index is 14.1. The van der Waals surface area contributed by atoms with Gasteiger partial charge in [-0.25, -0.2) is 4.57 Å². The summed E-state index contributed by atoms with van der Waals surface area (Å²) < 4.78 is 26.3. The van der Waals surface area contributed by atoms with Crippen molar-refractivity contribution in [2.45, 2.75) is 0 Å². The number of rotatable bonds is 5. The van der Waals surface area contributed by atoms with Crippen molar-refractivity contribution in [3.8, 4) is 11.5 Å². The van der Waals surface area contributed by atoms with E-state index in [1.807, 2.05) is 103 Å². The van der Waals surface area contributed by atoms with Crippen LogP contribution in [0.3, 0.4) is 0 Å². The smallest absolute Gasteiger partial charge is 0.413 e. The van der Waals surface area contributed by atoms with Gasteiger partial charge in [-0.1, -0.05) is 84.9 Å². The molecule has 30 heavy (non-hydrogen) atoms. The quantitative estimate of drug-likeness (QED) is 0.294. The third kappa shape index (κ3) is 3.56. The highest BCUT2D eigenvalue weighted by Crippen LogP contribution is 2.49. The Hall–Kier alpha value is -3.55. The van der Waals surface area contributed by atoms with Crippen LogP contribution in [0.1, 0.15) is 0 Å². The number of benzene rings is 5. The summed E-state index contributed by atoms with van der Waals surface area (Å²) in [5.74, 6) is 1.03. The van der Waals surface area contributed by atoms with Gasteiger partial charge in [-0.05, 0) is 46.5 Å². The highest BCUT2D eigenvalue weighted by atomic mass is 31.2. The molecule has 0 N–H and O–H groups in total. The van der Waals surface area contributed by atoms with Crippen LogP contribution in [0.4, 0.5) is 0 Å². The molecule has 0 saturated heterocycles. The normalized spacial score (nSPS) is 13.1. The first kappa shape index (κ1) is 18.5. The first-order valence-electron chi connectivity index (χ1n) is 9.73. The molecule has 146 valence electrons. The molecule has 5 aromatic carbocycles. The molecule has 0 aromatic heterocycles. The van der Waals surface area contributed by atoms with E-state index in [1.54, 1.807) is 12.1 Å². The van der Waals surface area contributed by atoms with E-state index >= 15 is 0 Å². The van der Waals surface area contributed by atoms with Crippen LogP contribution in [0.15, 0.2) is 115 Å². The molecular weight excluding hydrogens is 391 g/mol. The molecule has 0 aliphatic carbocycles. The highest BCUT2D eigenvalue weighted by molar-refractivity contribution is 7.63. The van der Waals surface area contributed by atoms with E-state index in [4.69, 9.17) is 9.05 Å². The zero-order chi connectivity index (χ0) is 20.4. The molecule has 1 atom stereocenters. The van der Waals surface area contributed by atoms with Crippen LogP contribution in [0.25, 0.3) is 21.5 Å². The van der Waals surface area contributed by atoms with Gasteiger partial charge < -0.3 is 9.05 Å². The van der Waals surface area contributed by atoms with Crippen molar-refractivity contribution in [3.05, 3.63) is 115 Å². The van der Waals surface area contributed by atoms with Gasteiger partial charge in [0.05, 0.1) is 5.30 Å². The lowest BCUT2D eigenvalue weighted by Gasteiger charge is -2.21. The van der Waals surface area contributed by atoms with Crippen molar-refractivity contribution in [2.75, 3.05) is 0 Å². The van der Waals surface area contributed by atoms with Crippen molar-refractivity contribution < 1.29 is 13.6 Å². The van der Waals surface area contributed by atoms with E-state index in [9.17, 15) is 4.57 Å². The Morgan fingerprint density at radius 3 is 2.03 bits per heavy atom. The van der Waals surface area contributed by atoms with E-state index in [2.05, 4.69) is 0 Å². The second-order valence-electron chi connectivity index (χ2n) is 7.00. The molecule has 5 rings (SSSR count). The second kappa shape index (κ2) is 7.70. The van der Waals surface area contributed by atoms with Crippen LogP contribution in [0.2, 0.25) is 0 Å². The molecule has 0 radical (unpaired) electrons. The molecule has 0 bridgehead atoms. The minimum absolute atomic E-state index is 0.501. The molecule has 0 saturated carbocycles. The molecule has 0 aliphatic heterocycles. The van der Waals surface area contributed by atoms with Gasteiger partial charge in [-0.3, -0.25) is 0 Å². The molecular formula is C26H19O3P. The zero-order valence-electron chi connectivity index (χ0n) is 16.1. The number of hydrogen-bond acceptors (Lipinski definition) is 3. The predicted molar refractivity (Wildman–Crippen MR) is 123 cm³/mol. The molecule has 0 spiro atoms. The molecule has 4 heteroatoms. The summed E-state index contributed by atoms with van der Waals surface area (Å²) >= 11 is 0. The van der Waals surface area contributed by atoms with Crippen molar-refractivity contribution >= 4 is 34.4 Å². The van der Waals surface area contributed by atoms with Crippen LogP contribution in [-0.2, 0) is 4.57 Å². The summed E-state index contributed by atoms with van der Waals surface area (Å²) in [6.45, 7) is 0. The Morgan fingerprint density at radius 2 is 1.20 bits per heavy atom. The van der Waals surface area contributed by atoms with Gasteiger partial charge >= 0.3 is 7.60 Å². The summed E-state index contributed by atoms with van der Waals surface area (Å²) in [6, 6.07) is 36.3. The number of hydrogen-bond donors (Lipinski definition) is 0. The zero-order valence-corrected chi connectivity index (χ0v) is 17.0. The lowest BCUT2D eigenvalue weighted by molar-refractivity contribution is 0.401. The minimum Gasteiger partial charge on any atom is -0.413 e. The third-order valence-electron chi connectivity index (χ3n) is 4.99. The van der Waals surface area contributed by atoms with Crippen LogP contribution < -0.4 is 14.4 Å². The Morgan fingerprint density at radius 1 is 0.533 bits per heavy atom. The Kier molecular flexibility index (Phi) is 4.74. The molecule has 0 fully saturated rings. The molecule has 1 unspecified atom stereocenters. The fourth-order valence-electron chi connectivity index (χ4n) is 3.50. The van der Waals surface area contributed by atoms with Gasteiger partial charge in [0.25, 0.3) is 0 Å². The van der Waals surface area contributed by atoms with Gasteiger partial charge in [0.15, 0.2) is 0 Å². The Labute approximate surface area is 175 Å². The Bertz CT molecular complexity index is 1370. The van der Waals surface area contributed by atoms with Crippen molar-refractivity contribution in [1.29, 1.82) is 0 Å². The fourth-order valence-corrected chi connectivity index (χ4v) is 5.10. The van der Waals surface area contributed by atoms with Gasteiger partial charge in [0, 0.05) is 5.39 Å². The summed E-state index contributed by atoms with van der Waals surface area (Å²) in [7, 11) is -3.70. The maximum absolute atomic E-state index is 14.1. The van der Waals surface area contributed by atoms with Crippen LogP contribution >= 0.6 is 7.60 Å². The maximum Gasteiger partial charge on any atom is 0.462 e. The predicted octanol–water partition coefficient (Wildman–Crippen LogP) is 6.97. The SMILES string of the molecule is O=P(Oc1ccc2ccccc2c1)(Oc1cccc2ccccc12)c1ccccc1. The Balaban J connectivity index is 1.59. The van der Waals surface area contributed by atoms with Crippen LogP contribution in [0.5, 0.6) is 11.5 Å². The minimum atomic E-state index is -3.70. The molecule has 5 aromatic rings. The van der Waals surface area contributed by atoms with Gasteiger partial charge in [0.2, 0.25) is 0 Å². The van der Waals surface area contributed by atoms with E-state index in [-0.39, 0.29) is 0 Å². The van der Waals surface area contributed by atoms with E-state index < -0.39 is 7.60 Å². The van der Waals surface area contributed by atoms with Crippen molar-refractivity contribution in [1.82, 2.24) is 0 Å². The third-order valence-corrected chi connectivity index (χ3v) is 6.81. The average Bonchev–Trinajstić information content (AvgIpc) is 2.80. The van der Waals surface area contributed by atoms with Gasteiger partial charge in [-0.15, -0.1) is 0 Å². The first-order chi connectivity index (χ1) is 14.7.